The van der Waals surface area contributed by atoms with Crippen LogP contribution in [0.5, 0.6) is 0 Å². The average Bonchev–Trinajstić information content (AvgIpc) is 2.22. The molecule has 0 fully saturated rings. The Balaban J connectivity index is 0.00000225. The summed E-state index contributed by atoms with van der Waals surface area (Å²) in [6.45, 7) is 2.89. The summed E-state index contributed by atoms with van der Waals surface area (Å²) < 4.78 is 13.1. The third-order valence-corrected chi connectivity index (χ3v) is 2.09. The number of nitrogens with one attached hydrogen (secondary N) is 2. The van der Waals surface area contributed by atoms with Crippen molar-refractivity contribution in [3.63, 3.8) is 0 Å². The van der Waals surface area contributed by atoms with Crippen LogP contribution in [0.25, 0.3) is 0 Å². The fourth-order valence-electron chi connectivity index (χ4n) is 1.14. The van der Waals surface area contributed by atoms with E-state index in [4.69, 9.17) is 0 Å². The van der Waals surface area contributed by atoms with Gasteiger partial charge in [0.1, 0.15) is 5.82 Å². The van der Waals surface area contributed by atoms with Crippen LogP contribution in [0.4, 0.5) is 4.39 Å². The molecule has 90 valence electrons. The van der Waals surface area contributed by atoms with Gasteiger partial charge in [-0.3, -0.25) is 4.79 Å². The maximum atomic E-state index is 13.1. The van der Waals surface area contributed by atoms with E-state index in [-0.39, 0.29) is 24.1 Å². The van der Waals surface area contributed by atoms with Gasteiger partial charge in [0.15, 0.2) is 0 Å². The molecule has 0 spiro atoms. The van der Waals surface area contributed by atoms with Crippen molar-refractivity contribution in [3.8, 4) is 0 Å². The van der Waals surface area contributed by atoms with E-state index in [9.17, 15) is 9.18 Å². The Morgan fingerprint density at radius 2 is 2.06 bits per heavy atom. The predicted octanol–water partition coefficient (Wildman–Crippen LogP) is 1.51. The first kappa shape index (κ1) is 14.9. The van der Waals surface area contributed by atoms with Crippen LogP contribution in [0.3, 0.4) is 0 Å². The summed E-state index contributed by atoms with van der Waals surface area (Å²) in [6.07, 6.45) is 0. The molecule has 0 aliphatic carbocycles. The highest BCUT2D eigenvalue weighted by Gasteiger charge is 2.06. The Hall–Kier alpha value is -1.13. The minimum atomic E-state index is -0.351. The van der Waals surface area contributed by atoms with Gasteiger partial charge < -0.3 is 10.6 Å². The highest BCUT2D eigenvalue weighted by molar-refractivity contribution is 5.94. The van der Waals surface area contributed by atoms with Crippen LogP contribution in [-0.4, -0.2) is 26.0 Å². The minimum absolute atomic E-state index is 0. The van der Waals surface area contributed by atoms with Crippen molar-refractivity contribution in [2.75, 3.05) is 20.1 Å². The van der Waals surface area contributed by atoms with Gasteiger partial charge in [0.05, 0.1) is 0 Å². The molecule has 1 aromatic rings. The van der Waals surface area contributed by atoms with Gasteiger partial charge in [-0.25, -0.2) is 4.39 Å². The summed E-state index contributed by atoms with van der Waals surface area (Å²) in [6, 6.07) is 4.47. The summed E-state index contributed by atoms with van der Waals surface area (Å²) in [5.41, 5.74) is 0.899. The van der Waals surface area contributed by atoms with Gasteiger partial charge in [-0.1, -0.05) is 6.07 Å². The number of carbonyl (C=O) groups is 1. The molecule has 0 aliphatic heterocycles. The fraction of sp³-hybridized carbons (Fsp3) is 0.364. The molecule has 0 saturated carbocycles. The third-order valence-electron chi connectivity index (χ3n) is 2.09. The maximum Gasteiger partial charge on any atom is 0.251 e. The fourth-order valence-corrected chi connectivity index (χ4v) is 1.14. The largest absolute Gasteiger partial charge is 0.351 e. The molecular weight excluding hydrogens is 231 g/mol. The average molecular weight is 247 g/mol. The van der Waals surface area contributed by atoms with Crippen LogP contribution in [0.15, 0.2) is 18.2 Å². The molecule has 0 saturated heterocycles. The van der Waals surface area contributed by atoms with Crippen molar-refractivity contribution < 1.29 is 9.18 Å². The molecule has 3 nitrogen and oxygen atoms in total. The van der Waals surface area contributed by atoms with Crippen molar-refractivity contribution >= 4 is 18.3 Å². The summed E-state index contributed by atoms with van der Waals surface area (Å²) in [5, 5.41) is 5.58. The lowest BCUT2D eigenvalue weighted by atomic mass is 10.1. The van der Waals surface area contributed by atoms with Gasteiger partial charge in [0.2, 0.25) is 0 Å². The number of likely N-dealkylation sites (N-methyl/N-ethyl adjacent to an activating group) is 1. The predicted molar refractivity (Wildman–Crippen MR) is 64.6 cm³/mol. The first-order valence-electron chi connectivity index (χ1n) is 4.84. The van der Waals surface area contributed by atoms with Gasteiger partial charge in [0.25, 0.3) is 5.91 Å². The standard InChI is InChI=1S/C11H15FN2O.ClH/c1-8-3-4-9(7-10(8)12)11(15)14-6-5-13-2;/h3-4,7,13H,5-6H2,1-2H3,(H,14,15);1H. The van der Waals surface area contributed by atoms with E-state index in [1.54, 1.807) is 26.1 Å². The van der Waals surface area contributed by atoms with E-state index >= 15 is 0 Å². The first-order valence-corrected chi connectivity index (χ1v) is 4.84. The van der Waals surface area contributed by atoms with Crippen molar-refractivity contribution in [1.29, 1.82) is 0 Å². The molecule has 16 heavy (non-hydrogen) atoms. The molecule has 2 N–H and O–H groups in total. The molecule has 0 aromatic heterocycles. The number of aryl methyl sites for hydroxylation is 1. The lowest BCUT2D eigenvalue weighted by molar-refractivity contribution is 0.0953. The summed E-state index contributed by atoms with van der Waals surface area (Å²) in [5.74, 6) is -0.597. The number of hydrogen-bond donors (Lipinski definition) is 2. The maximum absolute atomic E-state index is 13.1. The second-order valence-electron chi connectivity index (χ2n) is 3.32. The van der Waals surface area contributed by atoms with E-state index in [2.05, 4.69) is 10.6 Å². The quantitative estimate of drug-likeness (QED) is 0.791. The Kier molecular flexibility index (Phi) is 6.69. The number of rotatable bonds is 4. The SMILES string of the molecule is CNCCNC(=O)c1ccc(C)c(F)c1.Cl. The monoisotopic (exact) mass is 246 g/mol. The Labute approximate surface area is 101 Å². The van der Waals surface area contributed by atoms with Gasteiger partial charge in [0, 0.05) is 18.7 Å². The molecule has 0 heterocycles. The normalized spacial score (nSPS) is 9.44. The van der Waals surface area contributed by atoms with Gasteiger partial charge in [-0.15, -0.1) is 12.4 Å². The van der Waals surface area contributed by atoms with Crippen molar-refractivity contribution in [2.45, 2.75) is 6.92 Å². The zero-order chi connectivity index (χ0) is 11.3. The van der Waals surface area contributed by atoms with E-state index < -0.39 is 0 Å². The number of halogens is 2. The zero-order valence-corrected chi connectivity index (χ0v) is 10.2. The van der Waals surface area contributed by atoms with Gasteiger partial charge in [-0.2, -0.15) is 0 Å². The van der Waals surface area contributed by atoms with Gasteiger partial charge >= 0.3 is 0 Å². The third kappa shape index (κ3) is 4.16. The number of carbonyl (C=O) groups excluding carboxylic acids is 1. The molecular formula is C11H16ClFN2O. The molecule has 1 rings (SSSR count). The smallest absolute Gasteiger partial charge is 0.251 e. The van der Waals surface area contributed by atoms with Crippen LogP contribution in [0, 0.1) is 12.7 Å². The lowest BCUT2D eigenvalue weighted by Crippen LogP contribution is -2.30. The van der Waals surface area contributed by atoms with Crippen LogP contribution in [-0.2, 0) is 0 Å². The molecule has 0 bridgehead atoms. The second-order valence-corrected chi connectivity index (χ2v) is 3.32. The Morgan fingerprint density at radius 1 is 1.38 bits per heavy atom. The zero-order valence-electron chi connectivity index (χ0n) is 9.34. The molecule has 5 heteroatoms. The van der Waals surface area contributed by atoms with E-state index in [1.165, 1.54) is 6.07 Å². The van der Waals surface area contributed by atoms with Gasteiger partial charge in [-0.05, 0) is 31.7 Å². The first-order chi connectivity index (χ1) is 7.15. The summed E-state index contributed by atoms with van der Waals surface area (Å²) in [7, 11) is 1.80. The van der Waals surface area contributed by atoms with Crippen LogP contribution in [0.2, 0.25) is 0 Å². The number of amides is 1. The summed E-state index contributed by atoms with van der Waals surface area (Å²) in [4.78, 5) is 11.5. The van der Waals surface area contributed by atoms with E-state index in [0.29, 0.717) is 24.2 Å². The van der Waals surface area contributed by atoms with E-state index in [0.717, 1.165) is 0 Å². The highest BCUT2D eigenvalue weighted by atomic mass is 35.5. The van der Waals surface area contributed by atoms with Crippen LogP contribution in [0.1, 0.15) is 15.9 Å². The lowest BCUT2D eigenvalue weighted by Gasteiger charge is -2.05. The number of hydrogen-bond acceptors (Lipinski definition) is 2. The molecule has 1 aromatic carbocycles. The van der Waals surface area contributed by atoms with E-state index in [1.807, 2.05) is 0 Å². The molecule has 0 atom stereocenters. The van der Waals surface area contributed by atoms with Crippen molar-refractivity contribution in [2.24, 2.45) is 0 Å². The topological polar surface area (TPSA) is 41.1 Å². The second kappa shape index (κ2) is 7.19. The molecule has 0 unspecified atom stereocenters. The van der Waals surface area contributed by atoms with Crippen molar-refractivity contribution in [3.05, 3.63) is 35.1 Å². The Bertz CT molecular complexity index is 358. The highest BCUT2D eigenvalue weighted by Crippen LogP contribution is 2.08. The number of benzene rings is 1. The molecule has 0 radical (unpaired) electrons. The minimum Gasteiger partial charge on any atom is -0.351 e. The molecule has 1 amide bonds. The van der Waals surface area contributed by atoms with Crippen LogP contribution < -0.4 is 10.6 Å². The van der Waals surface area contributed by atoms with Crippen LogP contribution >= 0.6 is 12.4 Å². The Morgan fingerprint density at radius 3 is 2.62 bits per heavy atom. The summed E-state index contributed by atoms with van der Waals surface area (Å²) >= 11 is 0. The van der Waals surface area contributed by atoms with Crippen molar-refractivity contribution in [1.82, 2.24) is 10.6 Å². The molecule has 0 aliphatic rings.